The minimum Gasteiger partial charge on any atom is -0.350 e. The van der Waals surface area contributed by atoms with Crippen LogP contribution >= 0.6 is 0 Å². The van der Waals surface area contributed by atoms with Crippen molar-refractivity contribution >= 4 is 23.0 Å². The molecule has 0 atom stereocenters. The Hall–Kier alpha value is -2.95. The summed E-state index contributed by atoms with van der Waals surface area (Å²) in [6.07, 6.45) is 4.94. The van der Waals surface area contributed by atoms with Gasteiger partial charge in [0.15, 0.2) is 0 Å². The topological polar surface area (TPSA) is 70.1 Å². The predicted octanol–water partition coefficient (Wildman–Crippen LogP) is 3.45. The van der Waals surface area contributed by atoms with Crippen molar-refractivity contribution in [2.75, 3.05) is 0 Å². The van der Waals surface area contributed by atoms with E-state index in [-0.39, 0.29) is 11.8 Å². The number of benzene rings is 1. The number of aromatic nitrogens is 2. The fourth-order valence-corrected chi connectivity index (χ4v) is 2.62. The first-order valence-electron chi connectivity index (χ1n) is 7.51. The van der Waals surface area contributed by atoms with Gasteiger partial charge in [-0.2, -0.15) is 5.10 Å². The second-order valence-corrected chi connectivity index (χ2v) is 5.60. The van der Waals surface area contributed by atoms with Crippen molar-refractivity contribution in [2.45, 2.75) is 19.8 Å². The number of hydrogen-bond acceptors (Lipinski definition) is 3. The van der Waals surface area contributed by atoms with E-state index in [1.54, 1.807) is 18.6 Å². The smallest absolute Gasteiger partial charge is 0.288 e. The van der Waals surface area contributed by atoms with Crippen LogP contribution in [0.4, 0.5) is 0 Å². The third-order valence-corrected chi connectivity index (χ3v) is 3.61. The highest BCUT2D eigenvalue weighted by atomic mass is 16.2. The molecule has 5 heteroatoms. The number of H-pyrrole nitrogens is 1. The van der Waals surface area contributed by atoms with Gasteiger partial charge in [0.2, 0.25) is 0 Å². The fourth-order valence-electron chi connectivity index (χ4n) is 2.62. The highest BCUT2D eigenvalue weighted by Crippen LogP contribution is 2.28. The number of pyridine rings is 1. The van der Waals surface area contributed by atoms with Crippen molar-refractivity contribution in [1.29, 1.82) is 0 Å². The van der Waals surface area contributed by atoms with Crippen LogP contribution < -0.4 is 5.43 Å². The Morgan fingerprint density at radius 3 is 2.83 bits per heavy atom. The van der Waals surface area contributed by atoms with Gasteiger partial charge >= 0.3 is 0 Å². The van der Waals surface area contributed by atoms with Crippen LogP contribution in [0.5, 0.6) is 0 Å². The van der Waals surface area contributed by atoms with E-state index in [1.807, 2.05) is 36.4 Å². The van der Waals surface area contributed by atoms with Gasteiger partial charge < -0.3 is 4.98 Å². The van der Waals surface area contributed by atoms with Gasteiger partial charge in [-0.15, -0.1) is 0 Å². The van der Waals surface area contributed by atoms with Gasteiger partial charge in [0.1, 0.15) is 5.69 Å². The van der Waals surface area contributed by atoms with Crippen molar-refractivity contribution in [2.24, 2.45) is 5.10 Å². The zero-order chi connectivity index (χ0) is 16.2. The van der Waals surface area contributed by atoms with Crippen LogP contribution in [0.25, 0.3) is 10.9 Å². The summed E-state index contributed by atoms with van der Waals surface area (Å²) in [6.45, 7) is 4.15. The lowest BCUT2D eigenvalue weighted by Gasteiger charge is -2.06. The van der Waals surface area contributed by atoms with Gasteiger partial charge in [-0.25, -0.2) is 5.43 Å². The lowest BCUT2D eigenvalue weighted by molar-refractivity contribution is 0.0949. The molecule has 23 heavy (non-hydrogen) atoms. The van der Waals surface area contributed by atoms with Gasteiger partial charge in [0.05, 0.1) is 6.21 Å². The molecule has 0 saturated carbocycles. The summed E-state index contributed by atoms with van der Waals surface area (Å²) in [6, 6.07) is 11.6. The van der Waals surface area contributed by atoms with Gasteiger partial charge in [0.25, 0.3) is 5.91 Å². The first-order valence-corrected chi connectivity index (χ1v) is 7.51. The van der Waals surface area contributed by atoms with Crippen LogP contribution in [0.1, 0.15) is 41.4 Å². The third-order valence-electron chi connectivity index (χ3n) is 3.61. The van der Waals surface area contributed by atoms with Gasteiger partial charge in [-0.3, -0.25) is 9.78 Å². The molecule has 2 heterocycles. The highest BCUT2D eigenvalue weighted by Gasteiger charge is 2.19. The number of fused-ring (bicyclic) bond motifs is 1. The number of nitrogens with zero attached hydrogens (tertiary/aromatic N) is 2. The summed E-state index contributed by atoms with van der Waals surface area (Å²) >= 11 is 0. The van der Waals surface area contributed by atoms with Crippen molar-refractivity contribution in [3.63, 3.8) is 0 Å². The average Bonchev–Trinajstić information content (AvgIpc) is 2.95. The number of hydrogen-bond donors (Lipinski definition) is 2. The van der Waals surface area contributed by atoms with Crippen LogP contribution in [-0.2, 0) is 0 Å². The number of carbonyl (C=O) groups is 1. The molecule has 3 rings (SSSR count). The summed E-state index contributed by atoms with van der Waals surface area (Å²) in [5, 5.41) is 5.08. The average molecular weight is 306 g/mol. The standard InChI is InChI=1S/C18H18N4O/c1-12(2)16-14-7-3-4-8-15(14)21-17(16)18(23)22-20-11-13-6-5-9-19-10-13/h3-12,21H,1-2H3,(H,22,23)/b20-11-. The van der Waals surface area contributed by atoms with Gasteiger partial charge in [-0.05, 0) is 23.6 Å². The molecule has 0 aliphatic heterocycles. The fraction of sp³-hybridized carbons (Fsp3) is 0.167. The predicted molar refractivity (Wildman–Crippen MR) is 91.7 cm³/mol. The summed E-state index contributed by atoms with van der Waals surface area (Å²) < 4.78 is 0. The molecular weight excluding hydrogens is 288 g/mol. The van der Waals surface area contributed by atoms with Gasteiger partial charge in [-0.1, -0.05) is 38.1 Å². The maximum absolute atomic E-state index is 12.5. The molecule has 2 aromatic heterocycles. The van der Waals surface area contributed by atoms with Crippen molar-refractivity contribution in [3.05, 3.63) is 65.6 Å². The van der Waals surface area contributed by atoms with E-state index in [0.717, 1.165) is 22.0 Å². The molecule has 0 saturated heterocycles. The number of hydrazone groups is 1. The Labute approximate surface area is 134 Å². The maximum atomic E-state index is 12.5. The minimum atomic E-state index is -0.245. The molecule has 1 aromatic carbocycles. The largest absolute Gasteiger partial charge is 0.350 e. The normalized spacial score (nSPS) is 11.4. The first-order chi connectivity index (χ1) is 11.2. The number of amides is 1. The van der Waals surface area contributed by atoms with Gasteiger partial charge in [0, 0.05) is 28.9 Å². The summed E-state index contributed by atoms with van der Waals surface area (Å²) in [4.78, 5) is 19.7. The van der Waals surface area contributed by atoms with E-state index < -0.39 is 0 Å². The lowest BCUT2D eigenvalue weighted by atomic mass is 9.99. The van der Waals surface area contributed by atoms with E-state index in [2.05, 4.69) is 34.3 Å². The Balaban J connectivity index is 1.86. The van der Waals surface area contributed by atoms with Crippen LogP contribution in [-0.4, -0.2) is 22.1 Å². The molecule has 0 fully saturated rings. The second-order valence-electron chi connectivity index (χ2n) is 5.60. The van der Waals surface area contributed by atoms with E-state index in [9.17, 15) is 4.79 Å². The Kier molecular flexibility index (Phi) is 4.19. The third kappa shape index (κ3) is 3.13. The molecule has 0 aliphatic rings. The minimum absolute atomic E-state index is 0.231. The molecule has 2 N–H and O–H groups in total. The zero-order valence-corrected chi connectivity index (χ0v) is 13.1. The summed E-state index contributed by atoms with van der Waals surface area (Å²) in [5.41, 5.74) is 5.93. The van der Waals surface area contributed by atoms with Crippen LogP contribution in [0, 0.1) is 0 Å². The molecule has 0 spiro atoms. The molecular formula is C18H18N4O. The molecule has 0 unspecified atom stereocenters. The second kappa shape index (κ2) is 6.44. The number of rotatable bonds is 4. The Morgan fingerprint density at radius 2 is 2.09 bits per heavy atom. The van der Waals surface area contributed by atoms with E-state index >= 15 is 0 Å². The maximum Gasteiger partial charge on any atom is 0.288 e. The van der Waals surface area contributed by atoms with Crippen molar-refractivity contribution in [3.8, 4) is 0 Å². The van der Waals surface area contributed by atoms with E-state index in [0.29, 0.717) is 5.69 Å². The first kappa shape index (κ1) is 15.0. The van der Waals surface area contributed by atoms with E-state index in [4.69, 9.17) is 0 Å². The lowest BCUT2D eigenvalue weighted by Crippen LogP contribution is -2.19. The van der Waals surface area contributed by atoms with Crippen LogP contribution in [0.15, 0.2) is 53.9 Å². The molecule has 0 radical (unpaired) electrons. The quantitative estimate of drug-likeness (QED) is 0.572. The summed E-state index contributed by atoms with van der Waals surface area (Å²) in [5.74, 6) is -0.0146. The monoisotopic (exact) mass is 306 g/mol. The Morgan fingerprint density at radius 1 is 1.26 bits per heavy atom. The summed E-state index contributed by atoms with van der Waals surface area (Å²) in [7, 11) is 0. The SMILES string of the molecule is CC(C)c1c(C(=O)N/N=C\c2cccnc2)[nH]c2ccccc12. The molecule has 1 amide bonds. The molecule has 0 aliphatic carbocycles. The number of para-hydroxylation sites is 1. The number of carbonyl (C=O) groups excluding carboxylic acids is 1. The molecule has 5 nitrogen and oxygen atoms in total. The highest BCUT2D eigenvalue weighted by molar-refractivity contribution is 6.01. The van der Waals surface area contributed by atoms with Crippen LogP contribution in [0.3, 0.4) is 0 Å². The Bertz CT molecular complexity index is 850. The molecule has 0 bridgehead atoms. The van der Waals surface area contributed by atoms with Crippen molar-refractivity contribution < 1.29 is 4.79 Å². The molecule has 3 aromatic rings. The van der Waals surface area contributed by atoms with Crippen molar-refractivity contribution in [1.82, 2.24) is 15.4 Å². The zero-order valence-electron chi connectivity index (χ0n) is 13.1. The van der Waals surface area contributed by atoms with E-state index in [1.165, 1.54) is 0 Å². The molecule has 116 valence electrons. The number of nitrogens with one attached hydrogen (secondary N) is 2. The number of aromatic amines is 1. The van der Waals surface area contributed by atoms with Crippen LogP contribution in [0.2, 0.25) is 0 Å².